The molecular formula is C13H10BrClO2. The Kier molecular flexibility index (Phi) is 3.92. The summed E-state index contributed by atoms with van der Waals surface area (Å²) < 4.78 is 6.59. The van der Waals surface area contributed by atoms with Gasteiger partial charge in [0.05, 0.1) is 5.02 Å². The summed E-state index contributed by atoms with van der Waals surface area (Å²) in [6, 6.07) is 12.6. The Morgan fingerprint density at radius 2 is 1.94 bits per heavy atom. The SMILES string of the molecule is Oc1ccc(OCc2ccccc2Br)cc1Cl. The molecule has 0 fully saturated rings. The fourth-order valence-electron chi connectivity index (χ4n) is 1.35. The fourth-order valence-corrected chi connectivity index (χ4v) is 1.92. The molecule has 2 rings (SSSR count). The van der Waals surface area contributed by atoms with Crippen LogP contribution in [0.1, 0.15) is 5.56 Å². The second-order valence-corrected chi connectivity index (χ2v) is 4.75. The number of hydrogen-bond acceptors (Lipinski definition) is 2. The minimum absolute atomic E-state index is 0.0555. The summed E-state index contributed by atoms with van der Waals surface area (Å²) in [4.78, 5) is 0. The van der Waals surface area contributed by atoms with Crippen LogP contribution in [0.25, 0.3) is 0 Å². The van der Waals surface area contributed by atoms with Gasteiger partial charge in [0.25, 0.3) is 0 Å². The zero-order chi connectivity index (χ0) is 12.3. The van der Waals surface area contributed by atoms with Gasteiger partial charge in [0, 0.05) is 16.1 Å². The van der Waals surface area contributed by atoms with Crippen LogP contribution in [0.4, 0.5) is 0 Å². The number of rotatable bonds is 3. The zero-order valence-electron chi connectivity index (χ0n) is 8.86. The highest BCUT2D eigenvalue weighted by molar-refractivity contribution is 9.10. The first-order valence-electron chi connectivity index (χ1n) is 5.01. The van der Waals surface area contributed by atoms with Crippen LogP contribution in [0, 0.1) is 0 Å². The molecular weight excluding hydrogens is 303 g/mol. The van der Waals surface area contributed by atoms with Crippen molar-refractivity contribution in [3.8, 4) is 11.5 Å². The third-order valence-electron chi connectivity index (χ3n) is 2.27. The summed E-state index contributed by atoms with van der Waals surface area (Å²) in [5, 5.41) is 9.56. The van der Waals surface area contributed by atoms with E-state index in [9.17, 15) is 5.11 Å². The Hall–Kier alpha value is -1.19. The van der Waals surface area contributed by atoms with Gasteiger partial charge in [-0.05, 0) is 18.2 Å². The first-order valence-corrected chi connectivity index (χ1v) is 6.18. The van der Waals surface area contributed by atoms with Crippen LogP contribution in [0.15, 0.2) is 46.9 Å². The van der Waals surface area contributed by atoms with Gasteiger partial charge in [0.15, 0.2) is 0 Å². The van der Waals surface area contributed by atoms with Gasteiger partial charge in [0.1, 0.15) is 18.1 Å². The average Bonchev–Trinajstić information content (AvgIpc) is 2.32. The van der Waals surface area contributed by atoms with Crippen molar-refractivity contribution in [2.75, 3.05) is 0 Å². The van der Waals surface area contributed by atoms with Crippen molar-refractivity contribution in [3.63, 3.8) is 0 Å². The maximum Gasteiger partial charge on any atom is 0.134 e. The number of phenols is 1. The number of benzene rings is 2. The minimum Gasteiger partial charge on any atom is -0.506 e. The first-order chi connectivity index (χ1) is 8.16. The first kappa shape index (κ1) is 12.3. The Morgan fingerprint density at radius 1 is 1.18 bits per heavy atom. The summed E-state index contributed by atoms with van der Waals surface area (Å²) in [5.41, 5.74) is 1.05. The molecule has 0 aliphatic heterocycles. The molecule has 4 heteroatoms. The highest BCUT2D eigenvalue weighted by Gasteiger charge is 2.03. The molecule has 17 heavy (non-hydrogen) atoms. The zero-order valence-corrected chi connectivity index (χ0v) is 11.2. The molecule has 0 unspecified atom stereocenters. The summed E-state index contributed by atoms with van der Waals surface area (Å²) in [6.45, 7) is 0.447. The van der Waals surface area contributed by atoms with Gasteiger partial charge in [-0.3, -0.25) is 0 Å². The number of halogens is 2. The Morgan fingerprint density at radius 3 is 2.65 bits per heavy atom. The van der Waals surface area contributed by atoms with Crippen LogP contribution in [0.5, 0.6) is 11.5 Å². The summed E-state index contributed by atoms with van der Waals surface area (Å²) in [7, 11) is 0. The monoisotopic (exact) mass is 312 g/mol. The Balaban J connectivity index is 2.08. The largest absolute Gasteiger partial charge is 0.506 e. The van der Waals surface area contributed by atoms with Crippen molar-refractivity contribution in [2.45, 2.75) is 6.61 Å². The van der Waals surface area contributed by atoms with Crippen LogP contribution >= 0.6 is 27.5 Å². The van der Waals surface area contributed by atoms with Gasteiger partial charge in [-0.2, -0.15) is 0 Å². The van der Waals surface area contributed by atoms with Gasteiger partial charge in [0.2, 0.25) is 0 Å². The molecule has 0 atom stereocenters. The van der Waals surface area contributed by atoms with Crippen LogP contribution in [0.2, 0.25) is 5.02 Å². The smallest absolute Gasteiger partial charge is 0.134 e. The molecule has 1 N–H and O–H groups in total. The quantitative estimate of drug-likeness (QED) is 0.911. The highest BCUT2D eigenvalue weighted by Crippen LogP contribution is 2.28. The number of hydrogen-bond donors (Lipinski definition) is 1. The molecule has 2 aromatic rings. The van der Waals surface area contributed by atoms with E-state index in [0.717, 1.165) is 10.0 Å². The van der Waals surface area contributed by atoms with Crippen molar-refractivity contribution in [3.05, 3.63) is 57.5 Å². The molecule has 0 bridgehead atoms. The molecule has 0 spiro atoms. The molecule has 2 nitrogen and oxygen atoms in total. The van der Waals surface area contributed by atoms with E-state index in [1.54, 1.807) is 12.1 Å². The lowest BCUT2D eigenvalue weighted by molar-refractivity contribution is 0.305. The van der Waals surface area contributed by atoms with Crippen LogP contribution in [-0.4, -0.2) is 5.11 Å². The second-order valence-electron chi connectivity index (χ2n) is 3.49. The lowest BCUT2D eigenvalue weighted by Crippen LogP contribution is -1.96. The molecule has 0 aliphatic rings. The van der Waals surface area contributed by atoms with E-state index in [-0.39, 0.29) is 10.8 Å². The molecule has 0 saturated carbocycles. The van der Waals surface area contributed by atoms with E-state index < -0.39 is 0 Å². The predicted molar refractivity (Wildman–Crippen MR) is 71.6 cm³/mol. The normalized spacial score (nSPS) is 10.2. The van der Waals surface area contributed by atoms with Gasteiger partial charge >= 0.3 is 0 Å². The number of aromatic hydroxyl groups is 1. The van der Waals surface area contributed by atoms with Gasteiger partial charge in [-0.25, -0.2) is 0 Å². The predicted octanol–water partition coefficient (Wildman–Crippen LogP) is 4.39. The van der Waals surface area contributed by atoms with Crippen molar-refractivity contribution in [1.82, 2.24) is 0 Å². The van der Waals surface area contributed by atoms with E-state index >= 15 is 0 Å². The molecule has 0 saturated heterocycles. The van der Waals surface area contributed by atoms with Gasteiger partial charge in [-0.1, -0.05) is 45.7 Å². The summed E-state index contributed by atoms with van der Waals surface area (Å²) in [5.74, 6) is 0.684. The van der Waals surface area contributed by atoms with E-state index in [1.807, 2.05) is 24.3 Å². The maximum absolute atomic E-state index is 9.28. The molecule has 0 aliphatic carbocycles. The highest BCUT2D eigenvalue weighted by atomic mass is 79.9. The van der Waals surface area contributed by atoms with Crippen LogP contribution < -0.4 is 4.74 Å². The lowest BCUT2D eigenvalue weighted by Gasteiger charge is -2.08. The number of ether oxygens (including phenoxy) is 1. The minimum atomic E-state index is 0.0555. The van der Waals surface area contributed by atoms with E-state index in [2.05, 4.69) is 15.9 Å². The molecule has 0 heterocycles. The van der Waals surface area contributed by atoms with Crippen LogP contribution in [0.3, 0.4) is 0 Å². The topological polar surface area (TPSA) is 29.5 Å². The third-order valence-corrected chi connectivity index (χ3v) is 3.35. The maximum atomic E-state index is 9.28. The molecule has 88 valence electrons. The molecule has 2 aromatic carbocycles. The van der Waals surface area contributed by atoms with Crippen molar-refractivity contribution in [2.24, 2.45) is 0 Å². The van der Waals surface area contributed by atoms with E-state index in [0.29, 0.717) is 12.4 Å². The van der Waals surface area contributed by atoms with Gasteiger partial charge in [-0.15, -0.1) is 0 Å². The Bertz CT molecular complexity index is 529. The van der Waals surface area contributed by atoms with Crippen LogP contribution in [-0.2, 0) is 6.61 Å². The molecule has 0 aromatic heterocycles. The lowest BCUT2D eigenvalue weighted by atomic mass is 10.2. The number of phenolic OH excluding ortho intramolecular Hbond substituents is 1. The standard InChI is InChI=1S/C13H10BrClO2/c14-11-4-2-1-3-9(11)8-17-10-5-6-13(16)12(15)7-10/h1-7,16H,8H2. The van der Waals surface area contributed by atoms with E-state index in [4.69, 9.17) is 16.3 Å². The Labute approximate surface area is 113 Å². The second kappa shape index (κ2) is 5.43. The third kappa shape index (κ3) is 3.14. The summed E-state index contributed by atoms with van der Waals surface area (Å²) >= 11 is 9.24. The van der Waals surface area contributed by atoms with E-state index in [1.165, 1.54) is 6.07 Å². The van der Waals surface area contributed by atoms with Crippen molar-refractivity contribution >= 4 is 27.5 Å². The summed E-state index contributed by atoms with van der Waals surface area (Å²) in [6.07, 6.45) is 0. The average molecular weight is 314 g/mol. The van der Waals surface area contributed by atoms with Crippen molar-refractivity contribution in [1.29, 1.82) is 0 Å². The molecule has 0 radical (unpaired) electrons. The van der Waals surface area contributed by atoms with Gasteiger partial charge < -0.3 is 9.84 Å². The fraction of sp³-hybridized carbons (Fsp3) is 0.0769. The molecule has 0 amide bonds. The van der Waals surface area contributed by atoms with Crippen molar-refractivity contribution < 1.29 is 9.84 Å².